The summed E-state index contributed by atoms with van der Waals surface area (Å²) in [6, 6.07) is 13.0. The molecule has 0 saturated carbocycles. The summed E-state index contributed by atoms with van der Waals surface area (Å²) in [5.41, 5.74) is 2.30. The molecule has 2 aromatic carbocycles. The maximum absolute atomic E-state index is 12.6. The number of hydrogen-bond donors (Lipinski definition) is 2. The van der Waals surface area contributed by atoms with Gasteiger partial charge in [0.05, 0.1) is 16.8 Å². The molecule has 4 nitrogen and oxygen atoms in total. The molecule has 0 fully saturated rings. The second kappa shape index (κ2) is 6.43. The van der Waals surface area contributed by atoms with E-state index in [1.807, 2.05) is 0 Å². The Balaban J connectivity index is 1.75. The second-order valence-electron chi connectivity index (χ2n) is 5.53. The fourth-order valence-electron chi connectivity index (χ4n) is 2.42. The van der Waals surface area contributed by atoms with Crippen molar-refractivity contribution in [3.8, 4) is 11.3 Å². The first-order valence-corrected chi connectivity index (χ1v) is 7.37. The van der Waals surface area contributed by atoms with Crippen LogP contribution in [0.4, 0.5) is 13.2 Å². The van der Waals surface area contributed by atoms with Crippen LogP contribution in [0.2, 0.25) is 0 Å². The van der Waals surface area contributed by atoms with E-state index in [-0.39, 0.29) is 5.56 Å². The lowest BCUT2D eigenvalue weighted by atomic mass is 10.1. The quantitative estimate of drug-likeness (QED) is 0.736. The van der Waals surface area contributed by atoms with Gasteiger partial charge in [0.25, 0.3) is 0 Å². The molecule has 7 heteroatoms. The molecule has 3 aromatic rings. The van der Waals surface area contributed by atoms with Gasteiger partial charge in [0.15, 0.2) is 0 Å². The number of alkyl halides is 3. The summed E-state index contributed by atoms with van der Waals surface area (Å²) in [6.45, 7) is 0. The molecular formula is C18H13F3N2O2. The van der Waals surface area contributed by atoms with Gasteiger partial charge in [-0.2, -0.15) is 18.3 Å². The van der Waals surface area contributed by atoms with Crippen LogP contribution in [-0.2, 0) is 12.6 Å². The van der Waals surface area contributed by atoms with Crippen molar-refractivity contribution in [3.63, 3.8) is 0 Å². The maximum Gasteiger partial charge on any atom is 0.416 e. The Morgan fingerprint density at radius 3 is 2.24 bits per heavy atom. The van der Waals surface area contributed by atoms with Crippen molar-refractivity contribution in [1.29, 1.82) is 0 Å². The number of aromatic carboxylic acids is 1. The van der Waals surface area contributed by atoms with Crippen LogP contribution in [0.5, 0.6) is 0 Å². The first kappa shape index (κ1) is 16.8. The van der Waals surface area contributed by atoms with E-state index < -0.39 is 17.7 Å². The molecule has 3 rings (SSSR count). The number of rotatable bonds is 4. The van der Waals surface area contributed by atoms with Crippen LogP contribution in [0.3, 0.4) is 0 Å². The van der Waals surface area contributed by atoms with Gasteiger partial charge in [-0.05, 0) is 35.9 Å². The minimum absolute atomic E-state index is 0.207. The Morgan fingerprint density at radius 2 is 1.68 bits per heavy atom. The minimum atomic E-state index is -4.36. The van der Waals surface area contributed by atoms with Gasteiger partial charge in [0, 0.05) is 17.7 Å². The molecule has 0 bridgehead atoms. The molecule has 0 spiro atoms. The van der Waals surface area contributed by atoms with Gasteiger partial charge in [0.2, 0.25) is 0 Å². The van der Waals surface area contributed by atoms with Gasteiger partial charge in [-0.15, -0.1) is 0 Å². The fourth-order valence-corrected chi connectivity index (χ4v) is 2.42. The van der Waals surface area contributed by atoms with E-state index in [1.54, 1.807) is 18.2 Å². The molecule has 0 saturated heterocycles. The third kappa shape index (κ3) is 3.88. The molecular weight excluding hydrogens is 333 g/mol. The fraction of sp³-hybridized carbons (Fsp3) is 0.111. The smallest absolute Gasteiger partial charge is 0.416 e. The average Bonchev–Trinajstić information content (AvgIpc) is 3.03. The summed E-state index contributed by atoms with van der Waals surface area (Å²) in [4.78, 5) is 10.8. The zero-order valence-corrected chi connectivity index (χ0v) is 12.8. The number of carboxylic acid groups (broad SMARTS) is 1. The Labute approximate surface area is 140 Å². The number of aromatic amines is 1. The molecule has 0 radical (unpaired) electrons. The van der Waals surface area contributed by atoms with Gasteiger partial charge >= 0.3 is 12.1 Å². The molecule has 25 heavy (non-hydrogen) atoms. The number of carboxylic acids is 1. The second-order valence-corrected chi connectivity index (χ2v) is 5.53. The van der Waals surface area contributed by atoms with Gasteiger partial charge in [-0.1, -0.05) is 24.3 Å². The standard InChI is InChI=1S/C18H13F3N2O2/c19-18(20,21)14-7-5-12(6-8-14)16-10-15(22-23-16)9-11-1-3-13(4-2-11)17(24)25/h1-8,10H,9H2,(H,22,23)(H,24,25). The SMILES string of the molecule is O=C(O)c1ccc(Cc2cc(-c3ccc(C(F)(F)F)cc3)n[nH]2)cc1. The van der Waals surface area contributed by atoms with Crippen molar-refractivity contribution in [1.82, 2.24) is 10.2 Å². The van der Waals surface area contributed by atoms with Crippen molar-refractivity contribution >= 4 is 5.97 Å². The van der Waals surface area contributed by atoms with Crippen molar-refractivity contribution in [2.75, 3.05) is 0 Å². The molecule has 0 aliphatic rings. The van der Waals surface area contributed by atoms with Gasteiger partial charge < -0.3 is 5.11 Å². The lowest BCUT2D eigenvalue weighted by molar-refractivity contribution is -0.137. The molecule has 0 aliphatic heterocycles. The summed E-state index contributed by atoms with van der Waals surface area (Å²) < 4.78 is 37.8. The monoisotopic (exact) mass is 346 g/mol. The lowest BCUT2D eigenvalue weighted by Crippen LogP contribution is -2.03. The zero-order chi connectivity index (χ0) is 18.0. The minimum Gasteiger partial charge on any atom is -0.478 e. The van der Waals surface area contributed by atoms with Gasteiger partial charge in [-0.25, -0.2) is 4.79 Å². The van der Waals surface area contributed by atoms with E-state index in [0.717, 1.165) is 23.4 Å². The Kier molecular flexibility index (Phi) is 4.31. The topological polar surface area (TPSA) is 66.0 Å². The first-order chi connectivity index (χ1) is 11.8. The van der Waals surface area contributed by atoms with E-state index in [1.165, 1.54) is 24.3 Å². The number of aromatic nitrogens is 2. The van der Waals surface area contributed by atoms with Crippen molar-refractivity contribution < 1.29 is 23.1 Å². The van der Waals surface area contributed by atoms with Gasteiger partial charge in [-0.3, -0.25) is 5.10 Å². The molecule has 128 valence electrons. The predicted octanol–water partition coefficient (Wildman–Crippen LogP) is 4.38. The van der Waals surface area contributed by atoms with Gasteiger partial charge in [0.1, 0.15) is 0 Å². The summed E-state index contributed by atoms with van der Waals surface area (Å²) >= 11 is 0. The van der Waals surface area contributed by atoms with Crippen LogP contribution in [-0.4, -0.2) is 21.3 Å². The van der Waals surface area contributed by atoms with E-state index in [2.05, 4.69) is 10.2 Å². The number of halogens is 3. The summed E-state index contributed by atoms with van der Waals surface area (Å²) in [5.74, 6) is -0.988. The molecule has 0 amide bonds. The number of carbonyl (C=O) groups is 1. The van der Waals surface area contributed by atoms with Crippen LogP contribution < -0.4 is 0 Å². The summed E-state index contributed by atoms with van der Waals surface area (Å²) in [7, 11) is 0. The lowest BCUT2D eigenvalue weighted by Gasteiger charge is -2.06. The number of hydrogen-bond acceptors (Lipinski definition) is 2. The highest BCUT2D eigenvalue weighted by molar-refractivity contribution is 5.87. The first-order valence-electron chi connectivity index (χ1n) is 7.37. The average molecular weight is 346 g/mol. The highest BCUT2D eigenvalue weighted by atomic mass is 19.4. The molecule has 0 atom stereocenters. The van der Waals surface area contributed by atoms with Crippen LogP contribution in [0.1, 0.15) is 27.2 Å². The van der Waals surface area contributed by atoms with Crippen LogP contribution >= 0.6 is 0 Å². The van der Waals surface area contributed by atoms with Crippen molar-refractivity contribution in [3.05, 3.63) is 77.0 Å². The number of nitrogens with zero attached hydrogens (tertiary/aromatic N) is 1. The molecule has 0 unspecified atom stereocenters. The highest BCUT2D eigenvalue weighted by Gasteiger charge is 2.30. The molecule has 1 heterocycles. The third-order valence-electron chi connectivity index (χ3n) is 3.73. The third-order valence-corrected chi connectivity index (χ3v) is 3.73. The largest absolute Gasteiger partial charge is 0.478 e. The summed E-state index contributed by atoms with van der Waals surface area (Å²) in [6.07, 6.45) is -3.86. The number of H-pyrrole nitrogens is 1. The van der Waals surface area contributed by atoms with E-state index in [0.29, 0.717) is 17.7 Å². The number of benzene rings is 2. The van der Waals surface area contributed by atoms with E-state index >= 15 is 0 Å². The molecule has 2 N–H and O–H groups in total. The molecule has 1 aromatic heterocycles. The zero-order valence-electron chi connectivity index (χ0n) is 12.8. The summed E-state index contributed by atoms with van der Waals surface area (Å²) in [5, 5.41) is 15.8. The normalized spacial score (nSPS) is 11.5. The van der Waals surface area contributed by atoms with Crippen molar-refractivity contribution in [2.24, 2.45) is 0 Å². The molecule has 0 aliphatic carbocycles. The highest BCUT2D eigenvalue weighted by Crippen LogP contribution is 2.30. The number of nitrogens with one attached hydrogen (secondary N) is 1. The van der Waals surface area contributed by atoms with E-state index in [9.17, 15) is 18.0 Å². The Morgan fingerprint density at radius 1 is 1.04 bits per heavy atom. The van der Waals surface area contributed by atoms with Crippen LogP contribution in [0.15, 0.2) is 54.6 Å². The van der Waals surface area contributed by atoms with Crippen LogP contribution in [0, 0.1) is 0 Å². The maximum atomic E-state index is 12.6. The van der Waals surface area contributed by atoms with E-state index in [4.69, 9.17) is 5.11 Å². The van der Waals surface area contributed by atoms with Crippen LogP contribution in [0.25, 0.3) is 11.3 Å². The predicted molar refractivity (Wildman–Crippen MR) is 85.2 cm³/mol. The Bertz CT molecular complexity index is 882. The van der Waals surface area contributed by atoms with Crippen molar-refractivity contribution in [2.45, 2.75) is 12.6 Å². The Hall–Kier alpha value is -3.09.